The van der Waals surface area contributed by atoms with Gasteiger partial charge in [0.2, 0.25) is 0 Å². The van der Waals surface area contributed by atoms with Gasteiger partial charge in [-0.05, 0) is 24.3 Å². The number of rotatable bonds is 3. The summed E-state index contributed by atoms with van der Waals surface area (Å²) < 4.78 is 5.14. The van der Waals surface area contributed by atoms with Gasteiger partial charge in [-0.15, -0.1) is 5.10 Å². The molecule has 0 unspecified atom stereocenters. The van der Waals surface area contributed by atoms with Gasteiger partial charge < -0.3 is 4.74 Å². The number of nitrogens with one attached hydrogen (secondary N) is 2. The predicted octanol–water partition coefficient (Wildman–Crippen LogP) is 2.02. The van der Waals surface area contributed by atoms with E-state index in [4.69, 9.17) is 4.74 Å². The minimum absolute atomic E-state index is 0.825. The fraction of sp³-hybridized carbons (Fsp3) is 0.0833. The van der Waals surface area contributed by atoms with Crippen molar-refractivity contribution in [1.82, 2.24) is 15.4 Å². The van der Waals surface area contributed by atoms with E-state index in [1.54, 1.807) is 18.4 Å². The zero-order valence-corrected chi connectivity index (χ0v) is 10.5. The van der Waals surface area contributed by atoms with Crippen LogP contribution in [0.3, 0.4) is 0 Å². The highest BCUT2D eigenvalue weighted by atomic mass is 32.1. The monoisotopic (exact) mass is 259 g/mol. The number of aromatic amines is 2. The van der Waals surface area contributed by atoms with Crippen LogP contribution < -0.4 is 9.72 Å². The minimum atomic E-state index is 0.825. The molecule has 1 aromatic carbocycles. The second-order valence-electron chi connectivity index (χ2n) is 3.64. The largest absolute Gasteiger partial charge is 0.497 e. The van der Waals surface area contributed by atoms with E-state index in [0.29, 0.717) is 0 Å². The van der Waals surface area contributed by atoms with Crippen LogP contribution >= 0.6 is 11.3 Å². The van der Waals surface area contributed by atoms with Crippen LogP contribution in [-0.2, 0) is 0 Å². The van der Waals surface area contributed by atoms with Gasteiger partial charge in [0, 0.05) is 5.56 Å². The standard InChI is InChI=1S/C12H10N4OS/c1-17-9-4-2-8(3-5-9)10-11(15-16-14-10)12-13-6-7-18-12/h2-7H,1H3,(H,14,15,16)/p+1. The average Bonchev–Trinajstić information content (AvgIpc) is 3.09. The second kappa shape index (κ2) is 4.58. The van der Waals surface area contributed by atoms with E-state index in [1.807, 2.05) is 35.8 Å². The number of hydrogen-bond donors (Lipinski definition) is 1. The first-order valence-corrected chi connectivity index (χ1v) is 6.27. The van der Waals surface area contributed by atoms with Gasteiger partial charge in [-0.2, -0.15) is 15.3 Å². The summed E-state index contributed by atoms with van der Waals surface area (Å²) in [7, 11) is 1.65. The number of thiazole rings is 1. The van der Waals surface area contributed by atoms with E-state index in [0.717, 1.165) is 27.7 Å². The first kappa shape index (κ1) is 10.9. The minimum Gasteiger partial charge on any atom is -0.497 e. The maximum Gasteiger partial charge on any atom is 0.290 e. The molecule has 2 aromatic heterocycles. The van der Waals surface area contributed by atoms with E-state index >= 15 is 0 Å². The van der Waals surface area contributed by atoms with Crippen molar-refractivity contribution >= 4 is 11.3 Å². The first-order valence-electron chi connectivity index (χ1n) is 5.39. The summed E-state index contributed by atoms with van der Waals surface area (Å²) in [6.45, 7) is 0. The normalized spacial score (nSPS) is 10.5. The number of hydrogen-bond acceptors (Lipinski definition) is 4. The topological polar surface area (TPSA) is 64.9 Å². The Morgan fingerprint density at radius 1 is 1.17 bits per heavy atom. The summed E-state index contributed by atoms with van der Waals surface area (Å²) >= 11 is 1.59. The fourth-order valence-electron chi connectivity index (χ4n) is 1.71. The smallest absolute Gasteiger partial charge is 0.290 e. The van der Waals surface area contributed by atoms with Crippen molar-refractivity contribution < 1.29 is 9.72 Å². The summed E-state index contributed by atoms with van der Waals surface area (Å²) in [5.74, 6) is 0.825. The van der Waals surface area contributed by atoms with Crippen molar-refractivity contribution in [3.05, 3.63) is 35.8 Å². The molecule has 6 heteroatoms. The predicted molar refractivity (Wildman–Crippen MR) is 68.2 cm³/mol. The lowest BCUT2D eigenvalue weighted by Gasteiger charge is -2.00. The van der Waals surface area contributed by atoms with Crippen LogP contribution in [0.2, 0.25) is 0 Å². The molecular formula is C12H11N4OS+. The molecule has 3 rings (SSSR count). The number of nitrogens with zero attached hydrogens (tertiary/aromatic N) is 2. The molecule has 0 amide bonds. The van der Waals surface area contributed by atoms with Gasteiger partial charge >= 0.3 is 0 Å². The molecule has 0 radical (unpaired) electrons. The Hall–Kier alpha value is -2.21. The summed E-state index contributed by atoms with van der Waals surface area (Å²) in [5, 5.41) is 14.0. The molecule has 0 bridgehead atoms. The average molecular weight is 259 g/mol. The molecular weight excluding hydrogens is 248 g/mol. The van der Waals surface area contributed by atoms with Crippen LogP contribution in [0.5, 0.6) is 5.75 Å². The van der Waals surface area contributed by atoms with E-state index in [1.165, 1.54) is 0 Å². The van der Waals surface area contributed by atoms with Crippen LogP contribution in [0.4, 0.5) is 0 Å². The van der Waals surface area contributed by atoms with Gasteiger partial charge in [-0.3, -0.25) is 0 Å². The molecule has 0 fully saturated rings. The number of methoxy groups -OCH3 is 1. The number of benzene rings is 1. The molecule has 0 spiro atoms. The highest BCUT2D eigenvalue weighted by Gasteiger charge is 2.18. The molecule has 0 atom stereocenters. The zero-order valence-electron chi connectivity index (χ0n) is 9.68. The van der Waals surface area contributed by atoms with E-state index < -0.39 is 0 Å². The van der Waals surface area contributed by atoms with E-state index in [2.05, 4.69) is 20.4 Å². The van der Waals surface area contributed by atoms with Gasteiger partial charge in [-0.1, -0.05) is 11.3 Å². The van der Waals surface area contributed by atoms with Crippen LogP contribution in [0, 0.1) is 0 Å². The molecule has 0 aliphatic heterocycles. The van der Waals surface area contributed by atoms with Crippen molar-refractivity contribution in [1.29, 1.82) is 0 Å². The van der Waals surface area contributed by atoms with Crippen LogP contribution in [0.1, 0.15) is 0 Å². The molecule has 0 aliphatic carbocycles. The molecule has 5 nitrogen and oxygen atoms in total. The molecule has 2 heterocycles. The summed E-state index contributed by atoms with van der Waals surface area (Å²) in [6, 6.07) is 7.75. The van der Waals surface area contributed by atoms with Crippen molar-refractivity contribution in [2.75, 3.05) is 7.11 Å². The Labute approximate surface area is 107 Å². The summed E-state index contributed by atoms with van der Waals surface area (Å²) in [4.78, 5) is 3.14. The van der Waals surface area contributed by atoms with Gasteiger partial charge in [0.25, 0.3) is 5.01 Å². The van der Waals surface area contributed by atoms with Crippen LogP contribution in [0.15, 0.2) is 35.8 Å². The fourth-order valence-corrected chi connectivity index (χ4v) is 2.37. The maximum atomic E-state index is 5.14. The Balaban J connectivity index is 2.04. The Kier molecular flexibility index (Phi) is 2.77. The highest BCUT2D eigenvalue weighted by molar-refractivity contribution is 7.12. The second-order valence-corrected chi connectivity index (χ2v) is 4.56. The van der Waals surface area contributed by atoms with Crippen molar-refractivity contribution in [3.8, 4) is 27.7 Å². The molecule has 0 aliphatic rings. The first-order chi connectivity index (χ1) is 8.88. The number of H-pyrrole nitrogens is 2. The lowest BCUT2D eigenvalue weighted by molar-refractivity contribution is -0.358. The third-order valence-electron chi connectivity index (χ3n) is 2.59. The van der Waals surface area contributed by atoms with Gasteiger partial charge in [0.1, 0.15) is 11.4 Å². The van der Waals surface area contributed by atoms with E-state index in [9.17, 15) is 0 Å². The quantitative estimate of drug-likeness (QED) is 0.782. The molecule has 90 valence electrons. The SMILES string of the molecule is COc1ccc(-c2n[nH]nc2-c2[nH+]ccs2)cc1. The molecule has 3 aromatic rings. The Morgan fingerprint density at radius 2 is 1.94 bits per heavy atom. The Morgan fingerprint density at radius 3 is 2.61 bits per heavy atom. The molecule has 0 saturated carbocycles. The number of ether oxygens (including phenoxy) is 1. The maximum absolute atomic E-state index is 5.14. The lowest BCUT2D eigenvalue weighted by atomic mass is 10.1. The molecule has 18 heavy (non-hydrogen) atoms. The molecule has 2 N–H and O–H groups in total. The zero-order chi connectivity index (χ0) is 12.4. The Bertz CT molecular complexity index is 630. The molecule has 0 saturated heterocycles. The highest BCUT2D eigenvalue weighted by Crippen LogP contribution is 2.28. The summed E-state index contributed by atoms with van der Waals surface area (Å²) in [5.41, 5.74) is 2.66. The van der Waals surface area contributed by atoms with Crippen molar-refractivity contribution in [2.24, 2.45) is 0 Å². The van der Waals surface area contributed by atoms with Gasteiger partial charge in [0.05, 0.1) is 12.5 Å². The van der Waals surface area contributed by atoms with Gasteiger partial charge in [-0.25, -0.2) is 0 Å². The van der Waals surface area contributed by atoms with Crippen molar-refractivity contribution in [3.63, 3.8) is 0 Å². The van der Waals surface area contributed by atoms with Gasteiger partial charge in [0.15, 0.2) is 11.9 Å². The number of aromatic nitrogens is 4. The summed E-state index contributed by atoms with van der Waals surface area (Å²) in [6.07, 6.45) is 1.88. The van der Waals surface area contributed by atoms with Crippen molar-refractivity contribution in [2.45, 2.75) is 0 Å². The van der Waals surface area contributed by atoms with E-state index in [-0.39, 0.29) is 0 Å². The third kappa shape index (κ3) is 1.86. The van der Waals surface area contributed by atoms with Crippen LogP contribution in [0.25, 0.3) is 22.0 Å². The lowest BCUT2D eigenvalue weighted by Crippen LogP contribution is -1.99. The van der Waals surface area contributed by atoms with Crippen LogP contribution in [-0.4, -0.2) is 22.5 Å². The third-order valence-corrected chi connectivity index (χ3v) is 3.41.